The molecule has 1 heterocycles. The number of fused-ring (bicyclic) bond motifs is 1. The van der Waals surface area contributed by atoms with E-state index in [9.17, 15) is 9.59 Å². The molecule has 2 aromatic carbocycles. The molecular weight excluding hydrogens is 347 g/mol. The standard InChI is InChI=1S/C18H14Cl2N2O2/c1-10-13(19)6-4-8-15(10)21-18(24)12-9-22(2)16-11(17(12)23)5-3-7-14(16)20/h3-9H,1-2H3,(H,21,24). The third-order valence-electron chi connectivity index (χ3n) is 3.91. The molecule has 4 nitrogen and oxygen atoms in total. The molecule has 0 radical (unpaired) electrons. The van der Waals surface area contributed by atoms with Gasteiger partial charge in [0.05, 0.1) is 10.5 Å². The van der Waals surface area contributed by atoms with E-state index in [1.54, 1.807) is 54.9 Å². The second-order valence-corrected chi connectivity index (χ2v) is 6.30. The summed E-state index contributed by atoms with van der Waals surface area (Å²) >= 11 is 12.2. The molecule has 0 unspecified atom stereocenters. The molecule has 0 atom stereocenters. The molecule has 0 aliphatic heterocycles. The molecule has 0 aliphatic carbocycles. The lowest BCUT2D eigenvalue weighted by atomic mass is 10.1. The molecule has 0 aliphatic rings. The number of hydrogen-bond acceptors (Lipinski definition) is 2. The fourth-order valence-electron chi connectivity index (χ4n) is 2.61. The van der Waals surface area contributed by atoms with Crippen LogP contribution in [0, 0.1) is 6.92 Å². The highest BCUT2D eigenvalue weighted by Crippen LogP contribution is 2.24. The van der Waals surface area contributed by atoms with Crippen molar-refractivity contribution < 1.29 is 4.79 Å². The number of carbonyl (C=O) groups is 1. The van der Waals surface area contributed by atoms with Gasteiger partial charge in [-0.1, -0.05) is 35.3 Å². The Hall–Kier alpha value is -2.30. The zero-order chi connectivity index (χ0) is 17.4. The Bertz CT molecular complexity index is 1030. The summed E-state index contributed by atoms with van der Waals surface area (Å²) in [6.45, 7) is 1.80. The van der Waals surface area contributed by atoms with Gasteiger partial charge in [-0.2, -0.15) is 0 Å². The second-order valence-electron chi connectivity index (χ2n) is 5.49. The van der Waals surface area contributed by atoms with Crippen molar-refractivity contribution in [2.24, 2.45) is 7.05 Å². The molecule has 3 aromatic rings. The van der Waals surface area contributed by atoms with Crippen molar-refractivity contribution >= 4 is 45.7 Å². The van der Waals surface area contributed by atoms with Gasteiger partial charge in [-0.15, -0.1) is 0 Å². The Morgan fingerprint density at radius 1 is 1.08 bits per heavy atom. The molecule has 122 valence electrons. The first-order valence-corrected chi connectivity index (χ1v) is 8.00. The number of pyridine rings is 1. The largest absolute Gasteiger partial charge is 0.348 e. The molecular formula is C18H14Cl2N2O2. The Labute approximate surface area is 148 Å². The van der Waals surface area contributed by atoms with E-state index in [4.69, 9.17) is 23.2 Å². The van der Waals surface area contributed by atoms with Crippen molar-refractivity contribution in [1.29, 1.82) is 0 Å². The van der Waals surface area contributed by atoms with Crippen molar-refractivity contribution in [3.05, 3.63) is 74.0 Å². The normalized spacial score (nSPS) is 10.8. The highest BCUT2D eigenvalue weighted by Gasteiger charge is 2.17. The molecule has 0 saturated carbocycles. The van der Waals surface area contributed by atoms with Crippen molar-refractivity contribution in [1.82, 2.24) is 4.57 Å². The third kappa shape index (κ3) is 2.79. The SMILES string of the molecule is Cc1c(Cl)cccc1NC(=O)c1cn(C)c2c(Cl)cccc2c1=O. The lowest BCUT2D eigenvalue weighted by molar-refractivity contribution is 0.102. The Balaban J connectivity index is 2.10. The number of rotatable bonds is 2. The molecule has 1 N–H and O–H groups in total. The van der Waals surface area contributed by atoms with E-state index in [-0.39, 0.29) is 11.0 Å². The third-order valence-corrected chi connectivity index (χ3v) is 4.63. The van der Waals surface area contributed by atoms with E-state index in [0.717, 1.165) is 5.56 Å². The average Bonchev–Trinajstić information content (AvgIpc) is 2.55. The van der Waals surface area contributed by atoms with Gasteiger partial charge in [0.2, 0.25) is 5.43 Å². The first-order valence-electron chi connectivity index (χ1n) is 7.24. The lowest BCUT2D eigenvalue weighted by Crippen LogP contribution is -2.23. The molecule has 1 aromatic heterocycles. The van der Waals surface area contributed by atoms with Gasteiger partial charge in [-0.25, -0.2) is 0 Å². The fourth-order valence-corrected chi connectivity index (χ4v) is 3.10. The summed E-state index contributed by atoms with van der Waals surface area (Å²) in [6.07, 6.45) is 1.49. The van der Waals surface area contributed by atoms with Crippen LogP contribution in [-0.2, 0) is 7.05 Å². The Kier molecular flexibility index (Phi) is 4.35. The van der Waals surface area contributed by atoms with E-state index >= 15 is 0 Å². The fraction of sp³-hybridized carbons (Fsp3) is 0.111. The Morgan fingerprint density at radius 2 is 1.75 bits per heavy atom. The molecule has 0 saturated heterocycles. The summed E-state index contributed by atoms with van der Waals surface area (Å²) < 4.78 is 1.68. The minimum atomic E-state index is -0.483. The topological polar surface area (TPSA) is 51.1 Å². The summed E-state index contributed by atoms with van der Waals surface area (Å²) in [4.78, 5) is 25.2. The minimum Gasteiger partial charge on any atom is -0.348 e. The number of hydrogen-bond donors (Lipinski definition) is 1. The van der Waals surface area contributed by atoms with Gasteiger partial charge in [0, 0.05) is 29.3 Å². The van der Waals surface area contributed by atoms with Crippen LogP contribution >= 0.6 is 23.2 Å². The van der Waals surface area contributed by atoms with E-state index in [1.165, 1.54) is 6.20 Å². The lowest BCUT2D eigenvalue weighted by Gasteiger charge is -2.12. The Morgan fingerprint density at radius 3 is 2.50 bits per heavy atom. The first-order chi connectivity index (χ1) is 11.4. The van der Waals surface area contributed by atoms with Crippen LogP contribution in [0.2, 0.25) is 10.0 Å². The number of aromatic nitrogens is 1. The van der Waals surface area contributed by atoms with Crippen LogP contribution in [0.3, 0.4) is 0 Å². The monoisotopic (exact) mass is 360 g/mol. The summed E-state index contributed by atoms with van der Waals surface area (Å²) in [5, 5.41) is 4.16. The number of amides is 1. The number of halogens is 2. The zero-order valence-corrected chi connectivity index (χ0v) is 14.6. The van der Waals surface area contributed by atoms with E-state index in [1.807, 2.05) is 0 Å². The highest BCUT2D eigenvalue weighted by atomic mass is 35.5. The maximum Gasteiger partial charge on any atom is 0.261 e. The molecule has 0 spiro atoms. The van der Waals surface area contributed by atoms with Gasteiger partial charge < -0.3 is 9.88 Å². The van der Waals surface area contributed by atoms with Crippen molar-refractivity contribution in [3.8, 4) is 0 Å². The van der Waals surface area contributed by atoms with Gasteiger partial charge in [0.1, 0.15) is 5.56 Å². The molecule has 6 heteroatoms. The number of para-hydroxylation sites is 1. The predicted octanol–water partition coefficient (Wildman–Crippen LogP) is 4.41. The molecule has 1 amide bonds. The summed E-state index contributed by atoms with van der Waals surface area (Å²) in [7, 11) is 1.75. The smallest absolute Gasteiger partial charge is 0.261 e. The van der Waals surface area contributed by atoms with Crippen LogP contribution in [-0.4, -0.2) is 10.5 Å². The second kappa shape index (κ2) is 6.30. The number of nitrogens with one attached hydrogen (secondary N) is 1. The summed E-state index contributed by atoms with van der Waals surface area (Å²) in [5.74, 6) is -0.483. The van der Waals surface area contributed by atoms with Gasteiger partial charge >= 0.3 is 0 Å². The minimum absolute atomic E-state index is 0.0478. The number of nitrogens with zero attached hydrogens (tertiary/aromatic N) is 1. The van der Waals surface area contributed by atoms with Crippen molar-refractivity contribution in [2.75, 3.05) is 5.32 Å². The molecule has 3 rings (SSSR count). The van der Waals surface area contributed by atoms with Crippen LogP contribution in [0.25, 0.3) is 10.9 Å². The average molecular weight is 361 g/mol. The van der Waals surface area contributed by atoms with E-state index in [2.05, 4.69) is 5.32 Å². The maximum absolute atomic E-state index is 12.7. The summed E-state index contributed by atoms with van der Waals surface area (Å²) in [6, 6.07) is 10.3. The molecule has 0 fully saturated rings. The quantitative estimate of drug-likeness (QED) is 0.735. The van der Waals surface area contributed by atoms with Gasteiger partial charge in [0.25, 0.3) is 5.91 Å². The number of anilines is 1. The number of aryl methyl sites for hydroxylation is 1. The first kappa shape index (κ1) is 16.6. The van der Waals surface area contributed by atoms with Crippen LogP contribution in [0.5, 0.6) is 0 Å². The number of benzene rings is 2. The van der Waals surface area contributed by atoms with E-state index < -0.39 is 5.91 Å². The van der Waals surface area contributed by atoms with Gasteiger partial charge in [0.15, 0.2) is 0 Å². The maximum atomic E-state index is 12.7. The van der Waals surface area contributed by atoms with Crippen molar-refractivity contribution in [2.45, 2.75) is 6.92 Å². The predicted molar refractivity (Wildman–Crippen MR) is 98.3 cm³/mol. The highest BCUT2D eigenvalue weighted by molar-refractivity contribution is 6.35. The van der Waals surface area contributed by atoms with Gasteiger partial charge in [-0.3, -0.25) is 9.59 Å². The van der Waals surface area contributed by atoms with Gasteiger partial charge in [-0.05, 0) is 36.8 Å². The van der Waals surface area contributed by atoms with E-state index in [0.29, 0.717) is 26.6 Å². The van der Waals surface area contributed by atoms with Crippen molar-refractivity contribution in [3.63, 3.8) is 0 Å². The number of carbonyl (C=O) groups excluding carboxylic acids is 1. The van der Waals surface area contributed by atoms with Crippen LogP contribution in [0.1, 0.15) is 15.9 Å². The summed E-state index contributed by atoms with van der Waals surface area (Å²) in [5.41, 5.74) is 1.60. The molecule has 0 bridgehead atoms. The van der Waals surface area contributed by atoms with Crippen LogP contribution in [0.15, 0.2) is 47.4 Å². The van der Waals surface area contributed by atoms with Crippen LogP contribution in [0.4, 0.5) is 5.69 Å². The zero-order valence-electron chi connectivity index (χ0n) is 13.1. The van der Waals surface area contributed by atoms with Crippen LogP contribution < -0.4 is 10.7 Å². The molecule has 24 heavy (non-hydrogen) atoms.